The number of carboxylic acid groups (broad SMARTS) is 2. The van der Waals surface area contributed by atoms with Crippen LogP contribution in [-0.4, -0.2) is 26.8 Å². The number of amides is 2. The number of carbonyl (C=O) groups is 2. The second kappa shape index (κ2) is 5.77. The number of aromatic nitrogens is 1. The smallest absolute Gasteiger partial charge is 0.414 e. The van der Waals surface area contributed by atoms with E-state index in [-0.39, 0.29) is 0 Å². The Morgan fingerprint density at radius 2 is 2.00 bits per heavy atom. The summed E-state index contributed by atoms with van der Waals surface area (Å²) in [7, 11) is 0. The fraction of sp³-hybridized carbons (Fsp3) is 0. The lowest BCUT2D eigenvalue weighted by Gasteiger charge is -1.85. The van der Waals surface area contributed by atoms with Crippen molar-refractivity contribution in [3.8, 4) is 0 Å². The number of anilines is 1. The molecule has 8 heteroatoms. The molecule has 13 heavy (non-hydrogen) atoms. The number of imide groups is 1. The summed E-state index contributed by atoms with van der Waals surface area (Å²) >= 11 is 1.36. The normalized spacial score (nSPS) is 8.00. The Morgan fingerprint density at radius 3 is 2.08 bits per heavy atom. The Kier molecular flexibility index (Phi) is 4.96. The van der Waals surface area contributed by atoms with Gasteiger partial charge in [0.25, 0.3) is 0 Å². The van der Waals surface area contributed by atoms with E-state index in [1.54, 1.807) is 11.6 Å². The molecule has 0 saturated heterocycles. The van der Waals surface area contributed by atoms with Gasteiger partial charge in [0.2, 0.25) is 0 Å². The van der Waals surface area contributed by atoms with Crippen LogP contribution >= 0.6 is 11.5 Å². The Bertz CT molecular complexity index is 261. The van der Waals surface area contributed by atoms with Crippen molar-refractivity contribution in [3.05, 3.63) is 11.6 Å². The second-order valence-electron chi connectivity index (χ2n) is 1.69. The molecule has 0 fully saturated rings. The third-order valence-corrected chi connectivity index (χ3v) is 1.27. The van der Waals surface area contributed by atoms with Gasteiger partial charge < -0.3 is 15.9 Å². The molecule has 2 amide bonds. The van der Waals surface area contributed by atoms with E-state index in [1.807, 2.05) is 0 Å². The van der Waals surface area contributed by atoms with Gasteiger partial charge in [0, 0.05) is 5.38 Å². The summed E-state index contributed by atoms with van der Waals surface area (Å²) in [5, 5.41) is 18.1. The summed E-state index contributed by atoms with van der Waals surface area (Å²) in [6, 6.07) is 0. The first-order valence-electron chi connectivity index (χ1n) is 2.90. The van der Waals surface area contributed by atoms with Gasteiger partial charge in [0.15, 0.2) is 0 Å². The van der Waals surface area contributed by atoms with Crippen LogP contribution in [0.1, 0.15) is 0 Å². The molecule has 7 nitrogen and oxygen atoms in total. The molecule has 5 N–H and O–H groups in total. The summed E-state index contributed by atoms with van der Waals surface area (Å²) < 4.78 is 3.74. The van der Waals surface area contributed by atoms with Crippen LogP contribution in [0.25, 0.3) is 0 Å². The van der Waals surface area contributed by atoms with Crippen molar-refractivity contribution in [2.75, 3.05) is 5.73 Å². The predicted octanol–water partition coefficient (Wildman–Crippen LogP) is 0.657. The maximum absolute atomic E-state index is 9.32. The van der Waals surface area contributed by atoms with E-state index >= 15 is 0 Å². The van der Waals surface area contributed by atoms with Crippen LogP contribution in [0.2, 0.25) is 0 Å². The monoisotopic (exact) mass is 205 g/mol. The minimum Gasteiger partial charge on any atom is -0.465 e. The zero-order valence-electron chi connectivity index (χ0n) is 6.30. The number of nitrogens with zero attached hydrogens (tertiary/aromatic N) is 1. The molecular weight excluding hydrogens is 198 g/mol. The molecule has 0 spiro atoms. The molecule has 1 aromatic heterocycles. The Labute approximate surface area is 77.0 Å². The zero-order chi connectivity index (χ0) is 10.3. The van der Waals surface area contributed by atoms with E-state index in [0.717, 1.165) is 11.0 Å². The minimum atomic E-state index is -1.56. The van der Waals surface area contributed by atoms with E-state index in [1.165, 1.54) is 11.5 Å². The van der Waals surface area contributed by atoms with Gasteiger partial charge in [-0.3, -0.25) is 0 Å². The van der Waals surface area contributed by atoms with Crippen LogP contribution in [-0.2, 0) is 0 Å². The molecule has 0 radical (unpaired) electrons. The van der Waals surface area contributed by atoms with Gasteiger partial charge in [0.1, 0.15) is 0 Å². The molecule has 1 heterocycles. The molecule has 72 valence electrons. The largest absolute Gasteiger partial charge is 0.465 e. The topological polar surface area (TPSA) is 126 Å². The van der Waals surface area contributed by atoms with E-state index in [0.29, 0.717) is 0 Å². The summed E-state index contributed by atoms with van der Waals surface area (Å²) in [4.78, 5) is 18.6. The van der Waals surface area contributed by atoms with Crippen molar-refractivity contribution < 1.29 is 19.8 Å². The van der Waals surface area contributed by atoms with E-state index in [4.69, 9.17) is 15.9 Å². The summed E-state index contributed by atoms with van der Waals surface area (Å²) in [6.07, 6.45) is -1.50. The predicted molar refractivity (Wildman–Crippen MR) is 45.7 cm³/mol. The van der Waals surface area contributed by atoms with Gasteiger partial charge in [-0.05, 0) is 11.5 Å². The molecule has 0 bridgehead atoms. The van der Waals surface area contributed by atoms with Crippen LogP contribution in [0.5, 0.6) is 0 Å². The summed E-state index contributed by atoms with van der Waals surface area (Å²) in [6.45, 7) is 0. The highest BCUT2D eigenvalue weighted by Gasteiger charge is 1.97. The fourth-order valence-electron chi connectivity index (χ4n) is 0.304. The molecule has 1 aromatic rings. The highest BCUT2D eigenvalue weighted by molar-refractivity contribution is 7.03. The number of nitrogens with two attached hydrogens (primary N) is 1. The highest BCUT2D eigenvalue weighted by atomic mass is 32.1. The van der Waals surface area contributed by atoms with Crippen molar-refractivity contribution >= 4 is 29.4 Å². The maximum Gasteiger partial charge on any atom is 0.414 e. The average Bonchev–Trinajstić information content (AvgIpc) is 2.37. The first-order chi connectivity index (χ1) is 6.02. The van der Waals surface area contributed by atoms with Gasteiger partial charge in [-0.1, -0.05) is 0 Å². The first kappa shape index (κ1) is 11.2. The third-order valence-electron chi connectivity index (χ3n) is 0.665. The molecule has 1 rings (SSSR count). The van der Waals surface area contributed by atoms with Crippen LogP contribution in [0.15, 0.2) is 11.6 Å². The van der Waals surface area contributed by atoms with Crippen LogP contribution in [0, 0.1) is 0 Å². The van der Waals surface area contributed by atoms with Crippen molar-refractivity contribution in [1.29, 1.82) is 0 Å². The van der Waals surface area contributed by atoms with Gasteiger partial charge in [-0.2, -0.15) is 4.37 Å². The average molecular weight is 205 g/mol. The number of rotatable bonds is 0. The summed E-state index contributed by atoms with van der Waals surface area (Å²) in [5.41, 5.74) is 5.98. The Balaban J connectivity index is 0.000000223. The second-order valence-corrected chi connectivity index (χ2v) is 2.35. The minimum absolute atomic E-state index is 0.750. The van der Waals surface area contributed by atoms with Crippen molar-refractivity contribution in [1.82, 2.24) is 9.69 Å². The first-order valence-corrected chi connectivity index (χ1v) is 3.73. The van der Waals surface area contributed by atoms with Gasteiger partial charge >= 0.3 is 12.2 Å². The molecule has 0 aliphatic carbocycles. The lowest BCUT2D eigenvalue weighted by molar-refractivity contribution is 0.174. The molecule has 0 aliphatic rings. The third kappa shape index (κ3) is 8.07. The number of hydrogen-bond acceptors (Lipinski definition) is 5. The van der Waals surface area contributed by atoms with Gasteiger partial charge in [-0.15, -0.1) is 0 Å². The van der Waals surface area contributed by atoms with E-state index in [2.05, 4.69) is 4.37 Å². The van der Waals surface area contributed by atoms with E-state index in [9.17, 15) is 9.59 Å². The van der Waals surface area contributed by atoms with Crippen LogP contribution in [0.3, 0.4) is 0 Å². The lowest BCUT2D eigenvalue weighted by Crippen LogP contribution is -2.26. The fourth-order valence-corrected chi connectivity index (χ4v) is 0.730. The van der Waals surface area contributed by atoms with Crippen molar-refractivity contribution in [3.63, 3.8) is 0 Å². The van der Waals surface area contributed by atoms with Crippen molar-refractivity contribution in [2.24, 2.45) is 0 Å². The Hall–Kier alpha value is -1.83. The number of nitrogen functional groups attached to an aromatic ring is 1. The van der Waals surface area contributed by atoms with Gasteiger partial charge in [-0.25, -0.2) is 14.9 Å². The standard InChI is InChI=1S/C3H4N2S.C2H3NO4/c4-3-1-5-6-2-3;4-1(5)3-2(6)7/h1-2H,4H2;3H,(H,4,5)(H,6,7). The molecule has 0 aromatic carbocycles. The lowest BCUT2D eigenvalue weighted by atomic mass is 10.6. The van der Waals surface area contributed by atoms with E-state index < -0.39 is 12.2 Å². The molecular formula is C5H7N3O4S. The molecule has 0 aliphatic heterocycles. The SMILES string of the molecule is Nc1cnsc1.O=C(O)NC(=O)O. The number of hydrogen-bond donors (Lipinski definition) is 4. The Morgan fingerprint density at radius 1 is 1.46 bits per heavy atom. The van der Waals surface area contributed by atoms with Crippen LogP contribution in [0.4, 0.5) is 15.3 Å². The molecule has 0 atom stereocenters. The van der Waals surface area contributed by atoms with Gasteiger partial charge in [0.05, 0.1) is 11.9 Å². The summed E-state index contributed by atoms with van der Waals surface area (Å²) in [5.74, 6) is 0. The quantitative estimate of drug-likeness (QED) is 0.492. The molecule has 0 saturated carbocycles. The maximum atomic E-state index is 9.32. The highest BCUT2D eigenvalue weighted by Crippen LogP contribution is 1.99. The van der Waals surface area contributed by atoms with Crippen LogP contribution < -0.4 is 11.1 Å². The molecule has 0 unspecified atom stereocenters. The van der Waals surface area contributed by atoms with Crippen molar-refractivity contribution in [2.45, 2.75) is 0 Å². The zero-order valence-corrected chi connectivity index (χ0v) is 7.11. The number of nitrogens with one attached hydrogen (secondary N) is 1.